The molecule has 2 fully saturated rings. The third kappa shape index (κ3) is 4.54. The number of amides is 1. The van der Waals surface area contributed by atoms with Gasteiger partial charge in [0.2, 0.25) is 0 Å². The average molecular weight is 359 g/mol. The van der Waals surface area contributed by atoms with Crippen LogP contribution in [0.2, 0.25) is 0 Å². The number of ether oxygens (including phenoxy) is 1. The van der Waals surface area contributed by atoms with E-state index in [1.807, 2.05) is 19.1 Å². The number of rotatable bonds is 4. The van der Waals surface area contributed by atoms with Crippen LogP contribution in [0.15, 0.2) is 18.2 Å². The third-order valence-corrected chi connectivity index (χ3v) is 5.21. The number of carbonyl (C=O) groups excluding carboxylic acids is 2. The highest BCUT2D eigenvalue weighted by molar-refractivity contribution is 5.93. The second-order valence-electron chi connectivity index (χ2n) is 7.12. The van der Waals surface area contributed by atoms with Crippen LogP contribution in [0, 0.1) is 5.92 Å². The lowest BCUT2D eigenvalue weighted by atomic mass is 9.98. The highest BCUT2D eigenvalue weighted by atomic mass is 16.5. The summed E-state index contributed by atoms with van der Waals surface area (Å²) in [6.45, 7) is 5.28. The van der Waals surface area contributed by atoms with Gasteiger partial charge in [-0.15, -0.1) is 0 Å². The zero-order chi connectivity index (χ0) is 18.4. The number of piperidine rings is 1. The van der Waals surface area contributed by atoms with Gasteiger partial charge in [-0.3, -0.25) is 9.59 Å². The summed E-state index contributed by atoms with van der Waals surface area (Å²) in [7, 11) is 0. The van der Waals surface area contributed by atoms with Crippen molar-refractivity contribution >= 4 is 17.7 Å². The lowest BCUT2D eigenvalue weighted by molar-refractivity contribution is -0.149. The van der Waals surface area contributed by atoms with E-state index in [1.165, 1.54) is 25.7 Å². The van der Waals surface area contributed by atoms with Crippen LogP contribution in [-0.2, 0) is 9.53 Å². The summed E-state index contributed by atoms with van der Waals surface area (Å²) in [5, 5.41) is 0. The monoisotopic (exact) mass is 359 g/mol. The van der Waals surface area contributed by atoms with Crippen molar-refractivity contribution in [1.82, 2.24) is 9.88 Å². The molecule has 0 N–H and O–H groups in total. The third-order valence-electron chi connectivity index (χ3n) is 5.21. The van der Waals surface area contributed by atoms with E-state index >= 15 is 0 Å². The zero-order valence-electron chi connectivity index (χ0n) is 15.7. The quantitative estimate of drug-likeness (QED) is 0.774. The molecule has 0 bridgehead atoms. The zero-order valence-corrected chi connectivity index (χ0v) is 15.7. The molecular formula is C20H29N3O3. The summed E-state index contributed by atoms with van der Waals surface area (Å²) < 4.78 is 5.13. The van der Waals surface area contributed by atoms with Gasteiger partial charge in [0.1, 0.15) is 11.5 Å². The molecule has 2 aliphatic heterocycles. The van der Waals surface area contributed by atoms with Gasteiger partial charge < -0.3 is 14.5 Å². The Bertz CT molecular complexity index is 626. The number of hydrogen-bond donors (Lipinski definition) is 0. The fourth-order valence-electron chi connectivity index (χ4n) is 3.79. The van der Waals surface area contributed by atoms with Gasteiger partial charge in [0.15, 0.2) is 0 Å². The Balaban J connectivity index is 1.69. The standard InChI is InChI=1S/C20H29N3O3/c1-2-26-20(25)16-9-8-14-23(15-16)19(24)17-10-7-11-18(21-17)22-12-5-3-4-6-13-22/h7,10-11,16H,2-6,8-9,12-15H2,1H3. The smallest absolute Gasteiger partial charge is 0.310 e. The van der Waals surface area contributed by atoms with Crippen molar-refractivity contribution < 1.29 is 14.3 Å². The van der Waals surface area contributed by atoms with E-state index in [2.05, 4.69) is 9.88 Å². The van der Waals surface area contributed by atoms with Gasteiger partial charge in [-0.25, -0.2) is 4.98 Å². The Morgan fingerprint density at radius 2 is 1.88 bits per heavy atom. The van der Waals surface area contributed by atoms with Crippen molar-refractivity contribution in [2.24, 2.45) is 5.92 Å². The molecule has 142 valence electrons. The van der Waals surface area contributed by atoms with Gasteiger partial charge in [-0.05, 0) is 44.7 Å². The van der Waals surface area contributed by atoms with Crippen LogP contribution in [0.1, 0.15) is 55.9 Å². The van der Waals surface area contributed by atoms with Crippen LogP contribution in [0.3, 0.4) is 0 Å². The molecule has 0 spiro atoms. The Morgan fingerprint density at radius 1 is 1.12 bits per heavy atom. The second-order valence-corrected chi connectivity index (χ2v) is 7.12. The van der Waals surface area contributed by atoms with Gasteiger partial charge in [0.25, 0.3) is 5.91 Å². The number of nitrogens with zero attached hydrogens (tertiary/aromatic N) is 3. The minimum Gasteiger partial charge on any atom is -0.466 e. The number of likely N-dealkylation sites (tertiary alicyclic amines) is 1. The Labute approximate surface area is 155 Å². The molecule has 1 aromatic heterocycles. The number of carbonyl (C=O) groups is 2. The van der Waals surface area contributed by atoms with E-state index in [0.29, 0.717) is 25.4 Å². The van der Waals surface area contributed by atoms with Crippen LogP contribution >= 0.6 is 0 Å². The molecule has 0 aliphatic carbocycles. The largest absolute Gasteiger partial charge is 0.466 e. The molecule has 3 rings (SSSR count). The first-order valence-corrected chi connectivity index (χ1v) is 9.87. The van der Waals surface area contributed by atoms with Crippen molar-refractivity contribution in [3.63, 3.8) is 0 Å². The van der Waals surface area contributed by atoms with Gasteiger partial charge in [0.05, 0.1) is 12.5 Å². The van der Waals surface area contributed by atoms with Crippen molar-refractivity contribution in [2.45, 2.75) is 45.4 Å². The molecule has 6 heteroatoms. The summed E-state index contributed by atoms with van der Waals surface area (Å²) in [4.78, 5) is 33.6. The van der Waals surface area contributed by atoms with E-state index in [4.69, 9.17) is 4.74 Å². The van der Waals surface area contributed by atoms with Crippen LogP contribution in [0.25, 0.3) is 0 Å². The Morgan fingerprint density at radius 3 is 2.62 bits per heavy atom. The molecule has 26 heavy (non-hydrogen) atoms. The van der Waals surface area contributed by atoms with E-state index in [-0.39, 0.29) is 17.8 Å². The average Bonchev–Trinajstić information content (AvgIpc) is 2.97. The minimum atomic E-state index is -0.221. The molecular weight excluding hydrogens is 330 g/mol. The minimum absolute atomic E-state index is 0.0873. The van der Waals surface area contributed by atoms with E-state index in [9.17, 15) is 9.59 Å². The highest BCUT2D eigenvalue weighted by Crippen LogP contribution is 2.21. The number of hydrogen-bond acceptors (Lipinski definition) is 5. The maximum absolute atomic E-state index is 12.9. The predicted molar refractivity (Wildman–Crippen MR) is 100 cm³/mol. The molecule has 1 amide bonds. The number of esters is 1. The van der Waals surface area contributed by atoms with Crippen molar-refractivity contribution in [2.75, 3.05) is 37.7 Å². The van der Waals surface area contributed by atoms with Crippen LogP contribution in [0.4, 0.5) is 5.82 Å². The molecule has 0 saturated carbocycles. The van der Waals surface area contributed by atoms with Crippen molar-refractivity contribution in [1.29, 1.82) is 0 Å². The lowest BCUT2D eigenvalue weighted by Crippen LogP contribution is -2.43. The van der Waals surface area contributed by atoms with Gasteiger partial charge in [-0.2, -0.15) is 0 Å². The highest BCUT2D eigenvalue weighted by Gasteiger charge is 2.30. The summed E-state index contributed by atoms with van der Waals surface area (Å²) >= 11 is 0. The summed E-state index contributed by atoms with van der Waals surface area (Å²) in [5.41, 5.74) is 0.469. The first kappa shape index (κ1) is 18.7. The fourth-order valence-corrected chi connectivity index (χ4v) is 3.79. The molecule has 6 nitrogen and oxygen atoms in total. The van der Waals surface area contributed by atoms with E-state index in [0.717, 1.165) is 31.7 Å². The first-order valence-electron chi connectivity index (χ1n) is 9.87. The van der Waals surface area contributed by atoms with Crippen LogP contribution < -0.4 is 4.90 Å². The summed E-state index contributed by atoms with van der Waals surface area (Å²) in [5.74, 6) is 0.380. The second kappa shape index (κ2) is 9.01. The van der Waals surface area contributed by atoms with E-state index in [1.54, 1.807) is 11.0 Å². The molecule has 1 unspecified atom stereocenters. The maximum Gasteiger partial charge on any atom is 0.310 e. The molecule has 3 heterocycles. The van der Waals surface area contributed by atoms with Crippen LogP contribution in [0.5, 0.6) is 0 Å². The Kier molecular flexibility index (Phi) is 6.47. The number of pyridine rings is 1. The predicted octanol–water partition coefficient (Wildman–Crippen LogP) is 2.88. The number of aromatic nitrogens is 1. The number of anilines is 1. The summed E-state index contributed by atoms with van der Waals surface area (Å²) in [6, 6.07) is 5.67. The maximum atomic E-state index is 12.9. The Hall–Kier alpha value is -2.11. The normalized spacial score (nSPS) is 21.2. The van der Waals surface area contributed by atoms with E-state index < -0.39 is 0 Å². The van der Waals surface area contributed by atoms with Crippen molar-refractivity contribution in [3.8, 4) is 0 Å². The molecule has 2 saturated heterocycles. The molecule has 1 aromatic rings. The van der Waals surface area contributed by atoms with Gasteiger partial charge in [-0.1, -0.05) is 18.9 Å². The molecule has 2 aliphatic rings. The SMILES string of the molecule is CCOC(=O)C1CCCN(C(=O)c2cccc(N3CCCCCC3)n2)C1. The topological polar surface area (TPSA) is 62.7 Å². The van der Waals surface area contributed by atoms with Gasteiger partial charge >= 0.3 is 5.97 Å². The fraction of sp³-hybridized carbons (Fsp3) is 0.650. The molecule has 1 atom stereocenters. The molecule has 0 radical (unpaired) electrons. The van der Waals surface area contributed by atoms with Crippen LogP contribution in [-0.4, -0.2) is 54.5 Å². The summed E-state index contributed by atoms with van der Waals surface area (Å²) in [6.07, 6.45) is 6.47. The van der Waals surface area contributed by atoms with Crippen molar-refractivity contribution in [3.05, 3.63) is 23.9 Å². The van der Waals surface area contributed by atoms with Gasteiger partial charge in [0, 0.05) is 26.2 Å². The first-order chi connectivity index (χ1) is 12.7. The molecule has 0 aromatic carbocycles. The lowest BCUT2D eigenvalue weighted by Gasteiger charge is -2.31.